The number of benzene rings is 1. The summed E-state index contributed by atoms with van der Waals surface area (Å²) in [4.78, 5) is 0. The molecule has 0 bridgehead atoms. The van der Waals surface area contributed by atoms with E-state index in [9.17, 15) is 0 Å². The van der Waals surface area contributed by atoms with Gasteiger partial charge in [-0.1, -0.05) is 6.07 Å². The lowest BCUT2D eigenvalue weighted by Gasteiger charge is -2.21. The molecule has 0 amide bonds. The third-order valence-corrected chi connectivity index (χ3v) is 2.28. The van der Waals surface area contributed by atoms with E-state index in [0.717, 1.165) is 30.9 Å². The summed E-state index contributed by atoms with van der Waals surface area (Å²) >= 11 is 0. The SMILES string of the molecule is CC(C)Oc1cccc2c1CCCO2. The van der Waals surface area contributed by atoms with Crippen molar-refractivity contribution in [2.45, 2.75) is 32.8 Å². The molecule has 0 saturated carbocycles. The van der Waals surface area contributed by atoms with Crippen molar-refractivity contribution in [3.05, 3.63) is 23.8 Å². The van der Waals surface area contributed by atoms with Crippen molar-refractivity contribution < 1.29 is 9.47 Å². The van der Waals surface area contributed by atoms with Gasteiger partial charge in [-0.05, 0) is 38.8 Å². The summed E-state index contributed by atoms with van der Waals surface area (Å²) in [5.74, 6) is 1.98. The zero-order valence-electron chi connectivity index (χ0n) is 8.75. The molecule has 1 aromatic carbocycles. The molecule has 0 aromatic heterocycles. The van der Waals surface area contributed by atoms with Crippen molar-refractivity contribution in [1.29, 1.82) is 0 Å². The molecule has 2 nitrogen and oxygen atoms in total. The highest BCUT2D eigenvalue weighted by molar-refractivity contribution is 5.45. The lowest BCUT2D eigenvalue weighted by molar-refractivity contribution is 0.230. The first-order valence-electron chi connectivity index (χ1n) is 5.18. The van der Waals surface area contributed by atoms with Crippen LogP contribution in [-0.2, 0) is 6.42 Å². The Kier molecular flexibility index (Phi) is 2.62. The lowest BCUT2D eigenvalue weighted by Crippen LogP contribution is -2.12. The Bertz CT molecular complexity index is 318. The van der Waals surface area contributed by atoms with Gasteiger partial charge >= 0.3 is 0 Å². The molecule has 1 heterocycles. The first-order chi connectivity index (χ1) is 6.77. The van der Waals surface area contributed by atoms with E-state index in [4.69, 9.17) is 9.47 Å². The van der Waals surface area contributed by atoms with Crippen LogP contribution in [0.1, 0.15) is 25.8 Å². The molecule has 1 aromatic rings. The Labute approximate surface area is 84.8 Å². The summed E-state index contributed by atoms with van der Waals surface area (Å²) in [6.45, 7) is 4.92. The zero-order chi connectivity index (χ0) is 9.97. The summed E-state index contributed by atoms with van der Waals surface area (Å²) in [5.41, 5.74) is 1.23. The normalized spacial score (nSPS) is 14.8. The van der Waals surface area contributed by atoms with Crippen molar-refractivity contribution in [1.82, 2.24) is 0 Å². The van der Waals surface area contributed by atoms with Crippen LogP contribution in [0.25, 0.3) is 0 Å². The van der Waals surface area contributed by atoms with Gasteiger partial charge in [0.25, 0.3) is 0 Å². The van der Waals surface area contributed by atoms with Crippen LogP contribution in [0.5, 0.6) is 11.5 Å². The molecule has 76 valence electrons. The predicted molar refractivity (Wildman–Crippen MR) is 56.0 cm³/mol. The molecule has 2 rings (SSSR count). The summed E-state index contributed by atoms with van der Waals surface area (Å²) in [6.07, 6.45) is 2.38. The molecule has 0 saturated heterocycles. The third kappa shape index (κ3) is 1.84. The maximum atomic E-state index is 5.73. The van der Waals surface area contributed by atoms with E-state index in [0.29, 0.717) is 0 Å². The van der Waals surface area contributed by atoms with Gasteiger partial charge in [-0.15, -0.1) is 0 Å². The van der Waals surface area contributed by atoms with Crippen molar-refractivity contribution in [2.24, 2.45) is 0 Å². The van der Waals surface area contributed by atoms with E-state index in [-0.39, 0.29) is 6.10 Å². The van der Waals surface area contributed by atoms with Crippen molar-refractivity contribution in [3.63, 3.8) is 0 Å². The van der Waals surface area contributed by atoms with Gasteiger partial charge in [-0.2, -0.15) is 0 Å². The van der Waals surface area contributed by atoms with Crippen LogP contribution in [0.4, 0.5) is 0 Å². The molecule has 0 spiro atoms. The standard InChI is InChI=1S/C12H16O2/c1-9(2)14-12-7-3-6-11-10(12)5-4-8-13-11/h3,6-7,9H,4-5,8H2,1-2H3. The minimum atomic E-state index is 0.225. The van der Waals surface area contributed by atoms with Gasteiger partial charge in [0.1, 0.15) is 11.5 Å². The number of fused-ring (bicyclic) bond motifs is 1. The molecule has 0 atom stereocenters. The van der Waals surface area contributed by atoms with Crippen LogP contribution < -0.4 is 9.47 Å². The van der Waals surface area contributed by atoms with Crippen LogP contribution in [-0.4, -0.2) is 12.7 Å². The zero-order valence-corrected chi connectivity index (χ0v) is 8.75. The van der Waals surface area contributed by atoms with E-state index in [1.807, 2.05) is 32.0 Å². The highest BCUT2D eigenvalue weighted by Crippen LogP contribution is 2.33. The first-order valence-corrected chi connectivity index (χ1v) is 5.18. The van der Waals surface area contributed by atoms with Crippen molar-refractivity contribution in [3.8, 4) is 11.5 Å². The predicted octanol–water partition coefficient (Wildman–Crippen LogP) is 2.80. The van der Waals surface area contributed by atoms with Crippen molar-refractivity contribution >= 4 is 0 Å². The minimum Gasteiger partial charge on any atom is -0.493 e. The van der Waals surface area contributed by atoms with Crippen LogP contribution in [0.3, 0.4) is 0 Å². The second-order valence-electron chi connectivity index (χ2n) is 3.85. The molecule has 2 heteroatoms. The van der Waals surface area contributed by atoms with Crippen LogP contribution >= 0.6 is 0 Å². The summed E-state index contributed by atoms with van der Waals surface area (Å²) in [7, 11) is 0. The molecule has 0 aliphatic carbocycles. The quantitative estimate of drug-likeness (QED) is 0.717. The minimum absolute atomic E-state index is 0.225. The maximum absolute atomic E-state index is 5.73. The van der Waals surface area contributed by atoms with E-state index in [1.165, 1.54) is 5.56 Å². The van der Waals surface area contributed by atoms with E-state index < -0.39 is 0 Å². The molecular formula is C12H16O2. The van der Waals surface area contributed by atoms with Gasteiger partial charge in [0.2, 0.25) is 0 Å². The molecule has 0 fully saturated rings. The first kappa shape index (κ1) is 9.38. The fourth-order valence-corrected chi connectivity index (χ4v) is 1.72. The molecule has 1 aliphatic rings. The van der Waals surface area contributed by atoms with Gasteiger partial charge in [0.05, 0.1) is 12.7 Å². The number of hydrogen-bond donors (Lipinski definition) is 0. The molecule has 0 radical (unpaired) electrons. The van der Waals surface area contributed by atoms with Gasteiger partial charge in [0.15, 0.2) is 0 Å². The highest BCUT2D eigenvalue weighted by atomic mass is 16.5. The number of ether oxygens (including phenoxy) is 2. The highest BCUT2D eigenvalue weighted by Gasteiger charge is 2.15. The van der Waals surface area contributed by atoms with Gasteiger partial charge in [0, 0.05) is 5.56 Å². The fourth-order valence-electron chi connectivity index (χ4n) is 1.72. The third-order valence-electron chi connectivity index (χ3n) is 2.28. The van der Waals surface area contributed by atoms with Crippen LogP contribution in [0.2, 0.25) is 0 Å². The van der Waals surface area contributed by atoms with Gasteiger partial charge < -0.3 is 9.47 Å². The van der Waals surface area contributed by atoms with E-state index in [2.05, 4.69) is 0 Å². The van der Waals surface area contributed by atoms with E-state index in [1.54, 1.807) is 0 Å². The van der Waals surface area contributed by atoms with Crippen LogP contribution in [0.15, 0.2) is 18.2 Å². The molecule has 1 aliphatic heterocycles. The molecular weight excluding hydrogens is 176 g/mol. The second-order valence-corrected chi connectivity index (χ2v) is 3.85. The maximum Gasteiger partial charge on any atom is 0.126 e. The summed E-state index contributed by atoms with van der Waals surface area (Å²) in [5, 5.41) is 0. The number of rotatable bonds is 2. The topological polar surface area (TPSA) is 18.5 Å². The lowest BCUT2D eigenvalue weighted by atomic mass is 10.1. The number of hydrogen-bond acceptors (Lipinski definition) is 2. The monoisotopic (exact) mass is 192 g/mol. The Morgan fingerprint density at radius 3 is 3.00 bits per heavy atom. The van der Waals surface area contributed by atoms with E-state index >= 15 is 0 Å². The molecule has 14 heavy (non-hydrogen) atoms. The largest absolute Gasteiger partial charge is 0.493 e. The average Bonchev–Trinajstić information content (AvgIpc) is 2.18. The Hall–Kier alpha value is -1.18. The van der Waals surface area contributed by atoms with Gasteiger partial charge in [-0.25, -0.2) is 0 Å². The smallest absolute Gasteiger partial charge is 0.126 e. The van der Waals surface area contributed by atoms with Crippen molar-refractivity contribution in [2.75, 3.05) is 6.61 Å². The fraction of sp³-hybridized carbons (Fsp3) is 0.500. The Balaban J connectivity index is 2.30. The van der Waals surface area contributed by atoms with Crippen LogP contribution in [0, 0.1) is 0 Å². The second kappa shape index (κ2) is 3.91. The Morgan fingerprint density at radius 2 is 2.21 bits per heavy atom. The molecule has 0 N–H and O–H groups in total. The molecule has 0 unspecified atom stereocenters. The van der Waals surface area contributed by atoms with Gasteiger partial charge in [-0.3, -0.25) is 0 Å². The summed E-state index contributed by atoms with van der Waals surface area (Å²) < 4.78 is 11.3. The Morgan fingerprint density at radius 1 is 1.36 bits per heavy atom. The summed E-state index contributed by atoms with van der Waals surface area (Å²) in [6, 6.07) is 6.02. The average molecular weight is 192 g/mol.